The highest BCUT2D eigenvalue weighted by Crippen LogP contribution is 2.28. The summed E-state index contributed by atoms with van der Waals surface area (Å²) in [5.74, 6) is 1.27. The summed E-state index contributed by atoms with van der Waals surface area (Å²) in [6.07, 6.45) is 3.08. The predicted octanol–water partition coefficient (Wildman–Crippen LogP) is 2.24. The van der Waals surface area contributed by atoms with Gasteiger partial charge < -0.3 is 9.73 Å². The minimum absolute atomic E-state index is 0.259. The van der Waals surface area contributed by atoms with Crippen LogP contribution >= 0.6 is 23.1 Å². The van der Waals surface area contributed by atoms with E-state index in [1.54, 1.807) is 6.26 Å². The quantitative estimate of drug-likeness (QED) is 0.484. The number of anilines is 1. The summed E-state index contributed by atoms with van der Waals surface area (Å²) in [6.45, 7) is 0.533. The summed E-state index contributed by atoms with van der Waals surface area (Å²) in [7, 11) is 0. The molecule has 130 valence electrons. The van der Waals surface area contributed by atoms with Crippen molar-refractivity contribution in [2.75, 3.05) is 5.32 Å². The summed E-state index contributed by atoms with van der Waals surface area (Å²) < 4.78 is 7.25. The van der Waals surface area contributed by atoms with Crippen LogP contribution in [-0.4, -0.2) is 24.8 Å². The number of nitrogens with zero attached hydrogens (tertiary/aromatic N) is 5. The number of nitriles is 1. The molecule has 0 fully saturated rings. The maximum atomic E-state index is 12.1. The van der Waals surface area contributed by atoms with Crippen LogP contribution in [0.15, 0.2) is 44.2 Å². The molecule has 4 aromatic rings. The Hall–Kier alpha value is -3.10. The summed E-state index contributed by atoms with van der Waals surface area (Å²) in [5.41, 5.74) is 0.976. The van der Waals surface area contributed by atoms with Crippen molar-refractivity contribution in [2.45, 2.75) is 16.6 Å². The van der Waals surface area contributed by atoms with E-state index in [1.807, 2.05) is 18.2 Å². The number of aromatic nitrogens is 5. The van der Waals surface area contributed by atoms with Gasteiger partial charge >= 0.3 is 0 Å². The zero-order valence-electron chi connectivity index (χ0n) is 13.2. The molecule has 0 spiro atoms. The normalized spacial score (nSPS) is 10.9. The standard InChI is InChI=1S/C15H11N7O2S2/c16-5-9-6-18-22-12(23)4-10(19-13(9)22)8-25-15-21-20-14(26-15)17-7-11-2-1-3-24-11/h1-4,6,18H,7-8H2,(H,17,20). The molecule has 0 unspecified atom stereocenters. The van der Waals surface area contributed by atoms with Crippen LogP contribution in [-0.2, 0) is 12.3 Å². The van der Waals surface area contributed by atoms with Crippen LogP contribution in [0.5, 0.6) is 0 Å². The molecule has 0 amide bonds. The van der Waals surface area contributed by atoms with E-state index in [2.05, 4.69) is 25.6 Å². The van der Waals surface area contributed by atoms with Gasteiger partial charge in [-0.1, -0.05) is 23.1 Å². The van der Waals surface area contributed by atoms with Crippen molar-refractivity contribution >= 4 is 33.9 Å². The van der Waals surface area contributed by atoms with Crippen molar-refractivity contribution in [3.05, 3.63) is 58.0 Å². The van der Waals surface area contributed by atoms with E-state index in [0.717, 1.165) is 10.1 Å². The topological polar surface area (TPSA) is 125 Å². The van der Waals surface area contributed by atoms with E-state index >= 15 is 0 Å². The Labute approximate surface area is 154 Å². The fourth-order valence-electron chi connectivity index (χ4n) is 2.24. The molecule has 4 heterocycles. The Balaban J connectivity index is 1.43. The number of hydrogen-bond acceptors (Lipinski definition) is 9. The van der Waals surface area contributed by atoms with Gasteiger partial charge in [0.25, 0.3) is 5.56 Å². The van der Waals surface area contributed by atoms with E-state index < -0.39 is 0 Å². The molecule has 0 bridgehead atoms. The maximum Gasteiger partial charge on any atom is 0.272 e. The molecular weight excluding hydrogens is 374 g/mol. The van der Waals surface area contributed by atoms with Gasteiger partial charge in [0.2, 0.25) is 5.13 Å². The monoisotopic (exact) mass is 385 g/mol. The van der Waals surface area contributed by atoms with Crippen molar-refractivity contribution in [1.82, 2.24) is 24.8 Å². The minimum Gasteiger partial charge on any atom is -0.467 e. The SMILES string of the molecule is N#Cc1c[nH]n2c(=O)cc(CSc3nnc(NCc4ccco4)s3)nc12. The molecule has 0 saturated carbocycles. The predicted molar refractivity (Wildman–Crippen MR) is 96.0 cm³/mol. The second kappa shape index (κ2) is 7.03. The summed E-state index contributed by atoms with van der Waals surface area (Å²) >= 11 is 2.84. The Bertz CT molecular complexity index is 1140. The van der Waals surface area contributed by atoms with Crippen LogP contribution in [0.4, 0.5) is 5.13 Å². The third-order valence-electron chi connectivity index (χ3n) is 3.42. The highest BCUT2D eigenvalue weighted by Gasteiger charge is 2.11. The molecular formula is C15H11N7O2S2. The fraction of sp³-hybridized carbons (Fsp3) is 0.133. The minimum atomic E-state index is -0.259. The number of thioether (sulfide) groups is 1. The summed E-state index contributed by atoms with van der Waals surface area (Å²) in [6, 6.07) is 7.15. The van der Waals surface area contributed by atoms with Gasteiger partial charge in [-0.05, 0) is 12.1 Å². The van der Waals surface area contributed by atoms with Crippen LogP contribution in [0.25, 0.3) is 5.65 Å². The Kier molecular flexibility index (Phi) is 4.42. The zero-order chi connectivity index (χ0) is 17.9. The average Bonchev–Trinajstić information content (AvgIpc) is 3.38. The van der Waals surface area contributed by atoms with Crippen LogP contribution in [0.2, 0.25) is 0 Å². The molecule has 2 N–H and O–H groups in total. The third-order valence-corrected chi connectivity index (χ3v) is 5.46. The van der Waals surface area contributed by atoms with Crippen molar-refractivity contribution in [3.63, 3.8) is 0 Å². The van der Waals surface area contributed by atoms with Gasteiger partial charge in [-0.25, -0.2) is 9.50 Å². The number of hydrogen-bond donors (Lipinski definition) is 2. The first-order valence-electron chi connectivity index (χ1n) is 7.45. The zero-order valence-corrected chi connectivity index (χ0v) is 14.8. The van der Waals surface area contributed by atoms with E-state index in [4.69, 9.17) is 9.68 Å². The smallest absolute Gasteiger partial charge is 0.272 e. The molecule has 0 aliphatic carbocycles. The Morgan fingerprint density at radius 2 is 2.38 bits per heavy atom. The van der Waals surface area contributed by atoms with Gasteiger partial charge in [0, 0.05) is 18.0 Å². The second-order valence-electron chi connectivity index (χ2n) is 5.14. The highest BCUT2D eigenvalue weighted by atomic mass is 32.2. The third kappa shape index (κ3) is 3.32. The molecule has 4 rings (SSSR count). The van der Waals surface area contributed by atoms with Gasteiger partial charge in [-0.2, -0.15) is 5.26 Å². The highest BCUT2D eigenvalue weighted by molar-refractivity contribution is 8.00. The van der Waals surface area contributed by atoms with Crippen molar-refractivity contribution in [1.29, 1.82) is 5.26 Å². The lowest BCUT2D eigenvalue weighted by Crippen LogP contribution is -2.15. The molecule has 0 radical (unpaired) electrons. The largest absolute Gasteiger partial charge is 0.467 e. The number of fused-ring (bicyclic) bond motifs is 1. The van der Waals surface area contributed by atoms with Gasteiger partial charge in [0.1, 0.15) is 17.4 Å². The van der Waals surface area contributed by atoms with E-state index in [9.17, 15) is 4.79 Å². The van der Waals surface area contributed by atoms with E-state index in [-0.39, 0.29) is 5.56 Å². The number of rotatable bonds is 6. The molecule has 11 heteroatoms. The number of aromatic amines is 1. The summed E-state index contributed by atoms with van der Waals surface area (Å²) in [4.78, 5) is 16.4. The van der Waals surface area contributed by atoms with Gasteiger partial charge in [-0.15, -0.1) is 10.2 Å². The fourth-order valence-corrected chi connectivity index (χ4v) is 3.88. The molecule has 4 aromatic heterocycles. The molecule has 0 atom stereocenters. The molecule has 0 aromatic carbocycles. The first kappa shape index (κ1) is 16.4. The lowest BCUT2D eigenvalue weighted by Gasteiger charge is -1.99. The Morgan fingerprint density at radius 3 is 3.19 bits per heavy atom. The van der Waals surface area contributed by atoms with Crippen LogP contribution in [0.3, 0.4) is 0 Å². The number of nitrogens with one attached hydrogen (secondary N) is 2. The van der Waals surface area contributed by atoms with Crippen LogP contribution in [0, 0.1) is 11.3 Å². The van der Waals surface area contributed by atoms with Crippen LogP contribution in [0.1, 0.15) is 17.0 Å². The van der Waals surface area contributed by atoms with Gasteiger partial charge in [-0.3, -0.25) is 9.89 Å². The first-order valence-corrected chi connectivity index (χ1v) is 9.26. The van der Waals surface area contributed by atoms with Crippen molar-refractivity contribution in [2.24, 2.45) is 0 Å². The van der Waals surface area contributed by atoms with Crippen molar-refractivity contribution < 1.29 is 4.42 Å². The molecule has 0 aliphatic heterocycles. The molecule has 26 heavy (non-hydrogen) atoms. The number of furan rings is 1. The maximum absolute atomic E-state index is 12.1. The lowest BCUT2D eigenvalue weighted by molar-refractivity contribution is 0.518. The first-order chi connectivity index (χ1) is 12.7. The van der Waals surface area contributed by atoms with Crippen molar-refractivity contribution in [3.8, 4) is 6.07 Å². The molecule has 0 saturated heterocycles. The van der Waals surface area contributed by atoms with Gasteiger partial charge in [0.05, 0.1) is 18.5 Å². The molecule has 9 nitrogen and oxygen atoms in total. The summed E-state index contributed by atoms with van der Waals surface area (Å²) in [5, 5.41) is 23.8. The lowest BCUT2D eigenvalue weighted by atomic mass is 10.3. The number of H-pyrrole nitrogens is 1. The van der Waals surface area contributed by atoms with E-state index in [1.165, 1.54) is 39.9 Å². The molecule has 0 aliphatic rings. The van der Waals surface area contributed by atoms with Crippen LogP contribution < -0.4 is 10.9 Å². The van der Waals surface area contributed by atoms with E-state index in [0.29, 0.717) is 34.3 Å². The second-order valence-corrected chi connectivity index (χ2v) is 7.34. The van der Waals surface area contributed by atoms with Gasteiger partial charge in [0.15, 0.2) is 9.99 Å². The Morgan fingerprint density at radius 1 is 1.46 bits per heavy atom. The average molecular weight is 385 g/mol.